The Bertz CT molecular complexity index is 1520. The van der Waals surface area contributed by atoms with E-state index in [0.29, 0.717) is 11.3 Å². The zero-order valence-electron chi connectivity index (χ0n) is 18.9. The third kappa shape index (κ3) is 6.07. The van der Waals surface area contributed by atoms with Gasteiger partial charge in [-0.25, -0.2) is 0 Å². The second kappa shape index (κ2) is 11.2. The molecule has 1 aliphatic rings. The van der Waals surface area contributed by atoms with Crippen LogP contribution >= 0.6 is 46.6 Å². The van der Waals surface area contributed by atoms with Crippen molar-refractivity contribution in [2.24, 2.45) is 5.18 Å². The molecule has 8 nitrogen and oxygen atoms in total. The Morgan fingerprint density at radius 2 is 1.79 bits per heavy atom. The van der Waals surface area contributed by atoms with Crippen LogP contribution in [0.2, 0.25) is 10.0 Å². The molecule has 2 aromatic carbocycles. The highest BCUT2D eigenvalue weighted by molar-refractivity contribution is 7.99. The maximum atomic E-state index is 13.9. The molecule has 2 heterocycles. The van der Waals surface area contributed by atoms with Gasteiger partial charge in [0.25, 0.3) is 11.5 Å². The number of benzene rings is 2. The smallest absolute Gasteiger partial charge is 0.330 e. The van der Waals surface area contributed by atoms with Gasteiger partial charge >= 0.3 is 5.38 Å². The largest absolute Gasteiger partial charge is 0.362 e. The Morgan fingerprint density at radius 3 is 2.45 bits per heavy atom. The van der Waals surface area contributed by atoms with E-state index in [1.54, 1.807) is 24.3 Å². The number of fused-ring (bicyclic) bond motifs is 1. The normalized spacial score (nSPS) is 13.0. The van der Waals surface area contributed by atoms with Crippen LogP contribution in [0.4, 0.5) is 14.5 Å². The predicted octanol–water partition coefficient (Wildman–Crippen LogP) is 6.50. The van der Waals surface area contributed by atoms with Gasteiger partial charge in [-0.05, 0) is 58.2 Å². The number of alkyl halides is 3. The SMILES string of the molecule is O=N/C=C\C(=O)Nc1ccc2c(c1)CN(C(=O)c1c(Sc3c(Cl)cccc3Cl)cc(C(F)(F)Cl)[nH]c1=O)C2. The molecule has 0 spiro atoms. The molecule has 0 fully saturated rings. The van der Waals surface area contributed by atoms with Gasteiger partial charge in [-0.15, -0.1) is 4.91 Å². The lowest BCUT2D eigenvalue weighted by Crippen LogP contribution is -2.32. The summed E-state index contributed by atoms with van der Waals surface area (Å²) in [4.78, 5) is 52.0. The average molecular weight is 600 g/mol. The molecule has 2 N–H and O–H groups in total. The topological polar surface area (TPSA) is 112 Å². The summed E-state index contributed by atoms with van der Waals surface area (Å²) in [7, 11) is 0. The Morgan fingerprint density at radius 1 is 1.11 bits per heavy atom. The summed E-state index contributed by atoms with van der Waals surface area (Å²) in [5.41, 5.74) is -0.478. The van der Waals surface area contributed by atoms with Crippen molar-refractivity contribution in [2.45, 2.75) is 28.3 Å². The average Bonchev–Trinajstić information content (AvgIpc) is 3.27. The van der Waals surface area contributed by atoms with Gasteiger partial charge in [-0.2, -0.15) is 8.78 Å². The first-order valence-corrected chi connectivity index (χ1v) is 12.6. The van der Waals surface area contributed by atoms with Crippen LogP contribution in [0, 0.1) is 4.91 Å². The Labute approximate surface area is 232 Å². The van der Waals surface area contributed by atoms with Crippen molar-refractivity contribution < 1.29 is 18.4 Å². The van der Waals surface area contributed by atoms with Crippen molar-refractivity contribution in [1.29, 1.82) is 0 Å². The maximum Gasteiger partial charge on any atom is 0.362 e. The first-order chi connectivity index (χ1) is 18.0. The molecule has 0 aliphatic carbocycles. The Kier molecular flexibility index (Phi) is 8.22. The second-order valence-corrected chi connectivity index (χ2v) is 10.3. The van der Waals surface area contributed by atoms with Crippen molar-refractivity contribution in [3.05, 3.63) is 102 Å². The monoisotopic (exact) mass is 598 g/mol. The number of nitrogens with one attached hydrogen (secondary N) is 2. The summed E-state index contributed by atoms with van der Waals surface area (Å²) in [6.45, 7) is 0.203. The number of hydrogen-bond donors (Lipinski definition) is 2. The first kappa shape index (κ1) is 27.8. The second-order valence-electron chi connectivity index (χ2n) is 7.96. The first-order valence-electron chi connectivity index (χ1n) is 10.7. The molecule has 196 valence electrons. The lowest BCUT2D eigenvalue weighted by atomic mass is 10.1. The van der Waals surface area contributed by atoms with Gasteiger partial charge in [0.1, 0.15) is 11.3 Å². The molecule has 0 radical (unpaired) electrons. The number of nitroso groups, excluding NO2 is 1. The van der Waals surface area contributed by atoms with Crippen LogP contribution in [-0.2, 0) is 23.3 Å². The van der Waals surface area contributed by atoms with Gasteiger partial charge in [-0.1, -0.05) is 47.1 Å². The highest BCUT2D eigenvalue weighted by Gasteiger charge is 2.34. The number of hydrogen-bond acceptors (Lipinski definition) is 6. The van der Waals surface area contributed by atoms with E-state index in [1.807, 2.05) is 4.98 Å². The summed E-state index contributed by atoms with van der Waals surface area (Å²) in [5.74, 6) is -1.29. The molecule has 0 saturated heterocycles. The van der Waals surface area contributed by atoms with Crippen molar-refractivity contribution in [1.82, 2.24) is 9.88 Å². The molecule has 2 amide bonds. The number of anilines is 1. The van der Waals surface area contributed by atoms with Gasteiger partial charge in [0.2, 0.25) is 5.91 Å². The number of carbonyl (C=O) groups is 2. The van der Waals surface area contributed by atoms with Gasteiger partial charge < -0.3 is 15.2 Å². The van der Waals surface area contributed by atoms with E-state index in [2.05, 4.69) is 10.5 Å². The summed E-state index contributed by atoms with van der Waals surface area (Å²) in [6, 6.07) is 10.5. The summed E-state index contributed by atoms with van der Waals surface area (Å²) >= 11 is 18.4. The zero-order valence-corrected chi connectivity index (χ0v) is 22.0. The third-order valence-electron chi connectivity index (χ3n) is 5.42. The summed E-state index contributed by atoms with van der Waals surface area (Å²) in [5, 5.41) is 1.53. The van der Waals surface area contributed by atoms with Crippen LogP contribution < -0.4 is 10.9 Å². The van der Waals surface area contributed by atoms with Crippen molar-refractivity contribution >= 4 is 64.1 Å². The van der Waals surface area contributed by atoms with E-state index in [1.165, 1.54) is 17.0 Å². The highest BCUT2D eigenvalue weighted by Crippen LogP contribution is 2.41. The quantitative estimate of drug-likeness (QED) is 0.183. The lowest BCUT2D eigenvalue weighted by Gasteiger charge is -2.19. The Balaban J connectivity index is 1.67. The molecule has 4 rings (SSSR count). The molecule has 1 aromatic heterocycles. The number of carbonyl (C=O) groups excluding carboxylic acids is 2. The molecule has 1 aliphatic heterocycles. The number of nitrogens with zero attached hydrogens (tertiary/aromatic N) is 2. The molecule has 14 heteroatoms. The third-order valence-corrected chi connectivity index (χ3v) is 7.66. The molecule has 0 saturated carbocycles. The standard InChI is InChI=1S/C24H15Cl3F2N4O4S/c25-15-2-1-3-16(26)21(15)38-17-9-18(24(27,28)29)32-22(35)20(17)23(36)33-10-12-4-5-14(8-13(12)11-33)31-19(34)6-7-30-37/h1-9H,10-11H2,(H,31,34)(H,32,35)/b7-6-. The molecule has 38 heavy (non-hydrogen) atoms. The van der Waals surface area contributed by atoms with Gasteiger partial charge in [0, 0.05) is 34.6 Å². The predicted molar refractivity (Wildman–Crippen MR) is 141 cm³/mol. The van der Waals surface area contributed by atoms with E-state index in [9.17, 15) is 28.1 Å². The molecular formula is C24H15Cl3F2N4O4S. The summed E-state index contributed by atoms with van der Waals surface area (Å²) in [6.07, 6.45) is 1.76. The molecule has 0 unspecified atom stereocenters. The minimum atomic E-state index is -3.90. The van der Waals surface area contributed by atoms with Crippen LogP contribution in [-0.4, -0.2) is 21.7 Å². The zero-order chi connectivity index (χ0) is 27.6. The number of rotatable bonds is 7. The number of pyridine rings is 1. The number of aromatic amines is 1. The van der Waals surface area contributed by atoms with E-state index in [0.717, 1.165) is 35.7 Å². The van der Waals surface area contributed by atoms with Crippen LogP contribution in [0.3, 0.4) is 0 Å². The molecular weight excluding hydrogens is 585 g/mol. The minimum Gasteiger partial charge on any atom is -0.330 e. The molecule has 0 bridgehead atoms. The van der Waals surface area contributed by atoms with Crippen molar-refractivity contribution in [2.75, 3.05) is 5.32 Å². The lowest BCUT2D eigenvalue weighted by molar-refractivity contribution is -0.111. The van der Waals surface area contributed by atoms with Crippen LogP contribution in [0.5, 0.6) is 0 Å². The molecule has 3 aromatic rings. The van der Waals surface area contributed by atoms with Crippen molar-refractivity contribution in [3.63, 3.8) is 0 Å². The van der Waals surface area contributed by atoms with Gasteiger partial charge in [-0.3, -0.25) is 14.4 Å². The van der Waals surface area contributed by atoms with Crippen molar-refractivity contribution in [3.8, 4) is 0 Å². The van der Waals surface area contributed by atoms with Gasteiger partial charge in [0.15, 0.2) is 0 Å². The fraction of sp³-hybridized carbons (Fsp3) is 0.125. The number of H-pyrrole nitrogens is 1. The van der Waals surface area contributed by atoms with E-state index < -0.39 is 28.4 Å². The fourth-order valence-corrected chi connectivity index (χ4v) is 5.46. The van der Waals surface area contributed by atoms with Crippen LogP contribution in [0.1, 0.15) is 27.2 Å². The van der Waals surface area contributed by atoms with Gasteiger partial charge in [0.05, 0.1) is 16.2 Å². The molecule has 0 atom stereocenters. The highest BCUT2D eigenvalue weighted by atomic mass is 35.5. The Hall–Kier alpha value is -3.25. The van der Waals surface area contributed by atoms with Crippen LogP contribution in [0.15, 0.2) is 74.5 Å². The van der Waals surface area contributed by atoms with E-state index >= 15 is 0 Å². The number of aromatic nitrogens is 1. The number of amides is 2. The fourth-order valence-electron chi connectivity index (χ4n) is 3.72. The maximum absolute atomic E-state index is 13.9. The van der Waals surface area contributed by atoms with E-state index in [4.69, 9.17) is 34.8 Å². The van der Waals surface area contributed by atoms with Crippen LogP contribution in [0.25, 0.3) is 0 Å². The number of halogens is 5. The summed E-state index contributed by atoms with van der Waals surface area (Å²) < 4.78 is 27.8. The van der Waals surface area contributed by atoms with E-state index in [-0.39, 0.29) is 38.5 Å². The minimum absolute atomic E-state index is 0.0768.